The number of phenolic OH excluding ortho intramolecular Hbond substituents is 4. The normalized spacial score (nSPS) is 16.4. The van der Waals surface area contributed by atoms with Gasteiger partial charge in [0.1, 0.15) is 23.0 Å². The number of aromatic hydroxyl groups is 4. The van der Waals surface area contributed by atoms with Crippen LogP contribution in [-0.2, 0) is 60.9 Å². The minimum Gasteiger partial charge on any atom is -0.508 e. The highest BCUT2D eigenvalue weighted by molar-refractivity contribution is 7.80. The summed E-state index contributed by atoms with van der Waals surface area (Å²) in [7, 11) is 0. The summed E-state index contributed by atoms with van der Waals surface area (Å²) in [4.78, 5) is 12.9. The van der Waals surface area contributed by atoms with Crippen molar-refractivity contribution in [2.24, 2.45) is 0 Å². The molecule has 0 bridgehead atoms. The van der Waals surface area contributed by atoms with Crippen molar-refractivity contribution in [2.75, 3.05) is 39.3 Å². The van der Waals surface area contributed by atoms with Crippen molar-refractivity contribution in [3.8, 4) is 23.0 Å². The van der Waals surface area contributed by atoms with Crippen LogP contribution >= 0.6 is 36.7 Å². The number of thiocarbonyl (C=S) groups is 3. The second-order valence-electron chi connectivity index (χ2n) is 23.4. The molecule has 0 radical (unpaired) electrons. The molecule has 68 heavy (non-hydrogen) atoms. The summed E-state index contributed by atoms with van der Waals surface area (Å²) in [6, 6.07) is 20.2. The first-order chi connectivity index (χ1) is 31.6. The van der Waals surface area contributed by atoms with Gasteiger partial charge in [-0.15, -0.1) is 0 Å². The molecule has 10 nitrogen and oxygen atoms in total. The standard InChI is InChI=1S/C55H74N6O4S3/c1-52(2,3)41-13-15-45(62)35(23-41)29-56-17-19-58(49(56)66)31-37-25-43(54(7,8)9)27-39(47(37)64)33-60-21-22-61(51(60)68)34-40-28-44(55(10,11)12)26-38(48(40)65)32-59-20-18-57(50(59)67)30-36-24-42(53(4,5)6)14-16-46(36)63/h13-16,23-28,62-65H,17-22,29-34H2,1-12H3. The lowest BCUT2D eigenvalue weighted by Crippen LogP contribution is -2.32. The third-order valence-electron chi connectivity index (χ3n) is 13.9. The number of hydrogen-bond acceptors (Lipinski definition) is 7. The Bertz CT molecular complexity index is 2410. The third kappa shape index (κ3) is 11.3. The lowest BCUT2D eigenvalue weighted by Gasteiger charge is -2.28. The SMILES string of the molecule is CC(C)(C)c1ccc(O)c(CN2CCN(Cc3cc(C(C)(C)C)cc(CN4CCN(Cc5cc(C(C)(C)C)cc(CN6CCN(Cc7cc(C(C)(C)C)ccc7O)C6=S)c5O)C4=S)c3O)C2=S)c1. The summed E-state index contributed by atoms with van der Waals surface area (Å²) >= 11 is 18.3. The maximum absolute atomic E-state index is 12.0. The molecule has 0 spiro atoms. The quantitative estimate of drug-likeness (QED) is 0.102. The van der Waals surface area contributed by atoms with Gasteiger partial charge in [-0.25, -0.2) is 0 Å². The minimum atomic E-state index is -0.173. The van der Waals surface area contributed by atoms with Crippen molar-refractivity contribution in [3.63, 3.8) is 0 Å². The average Bonchev–Trinajstić information content (AvgIpc) is 3.88. The van der Waals surface area contributed by atoms with Crippen LogP contribution in [0, 0.1) is 0 Å². The Morgan fingerprint density at radius 1 is 0.338 bits per heavy atom. The topological polar surface area (TPSA) is 100 Å². The van der Waals surface area contributed by atoms with Crippen molar-refractivity contribution in [1.29, 1.82) is 0 Å². The zero-order chi connectivity index (χ0) is 49.8. The van der Waals surface area contributed by atoms with E-state index in [-0.39, 0.29) is 44.7 Å². The molecule has 13 heteroatoms. The number of rotatable bonds is 12. The molecule has 3 aliphatic heterocycles. The van der Waals surface area contributed by atoms with Crippen LogP contribution in [-0.4, -0.2) is 104 Å². The summed E-state index contributed by atoms with van der Waals surface area (Å²) < 4.78 is 0. The maximum Gasteiger partial charge on any atom is 0.172 e. The number of benzene rings is 4. The Kier molecular flexibility index (Phi) is 14.4. The number of phenols is 4. The molecule has 0 aliphatic carbocycles. The van der Waals surface area contributed by atoms with Crippen LogP contribution in [0.2, 0.25) is 0 Å². The molecular formula is C55H74N6O4S3. The predicted octanol–water partition coefficient (Wildman–Crippen LogP) is 10.5. The van der Waals surface area contributed by atoms with E-state index in [0.29, 0.717) is 80.8 Å². The second-order valence-corrected chi connectivity index (χ2v) is 24.4. The lowest BCUT2D eigenvalue weighted by atomic mass is 9.84. The van der Waals surface area contributed by atoms with Gasteiger partial charge in [-0.3, -0.25) is 0 Å². The van der Waals surface area contributed by atoms with E-state index in [2.05, 4.69) is 149 Å². The fourth-order valence-electron chi connectivity index (χ4n) is 9.24. The Balaban J connectivity index is 1.05. The van der Waals surface area contributed by atoms with E-state index in [0.717, 1.165) is 68.7 Å². The van der Waals surface area contributed by atoms with E-state index >= 15 is 0 Å². The van der Waals surface area contributed by atoms with Crippen LogP contribution in [0.15, 0.2) is 60.7 Å². The van der Waals surface area contributed by atoms with Crippen LogP contribution < -0.4 is 0 Å². The molecule has 0 atom stereocenters. The molecule has 3 heterocycles. The van der Waals surface area contributed by atoms with Crippen LogP contribution in [0.25, 0.3) is 0 Å². The van der Waals surface area contributed by atoms with Crippen LogP contribution in [0.3, 0.4) is 0 Å². The molecule has 0 unspecified atom stereocenters. The molecule has 4 aromatic carbocycles. The summed E-state index contributed by atoms with van der Waals surface area (Å²) in [6.45, 7) is 33.2. The molecule has 0 amide bonds. The molecule has 3 fully saturated rings. The van der Waals surface area contributed by atoms with Gasteiger partial charge in [0.2, 0.25) is 0 Å². The van der Waals surface area contributed by atoms with Crippen molar-refractivity contribution >= 4 is 52.0 Å². The zero-order valence-corrected chi connectivity index (χ0v) is 44.9. The Hall–Kier alpha value is -4.85. The van der Waals surface area contributed by atoms with E-state index in [1.54, 1.807) is 12.1 Å². The number of hydrogen-bond donors (Lipinski definition) is 4. The van der Waals surface area contributed by atoms with Crippen molar-refractivity contribution < 1.29 is 20.4 Å². The highest BCUT2D eigenvalue weighted by Crippen LogP contribution is 2.38. The third-order valence-corrected chi connectivity index (χ3v) is 15.4. The first-order valence-electron chi connectivity index (χ1n) is 24.0. The van der Waals surface area contributed by atoms with E-state index < -0.39 is 0 Å². The lowest BCUT2D eigenvalue weighted by molar-refractivity contribution is 0.404. The fraction of sp³-hybridized carbons (Fsp3) is 0.509. The smallest absolute Gasteiger partial charge is 0.172 e. The van der Waals surface area contributed by atoms with Gasteiger partial charge in [-0.05, 0) is 129 Å². The zero-order valence-electron chi connectivity index (χ0n) is 42.5. The van der Waals surface area contributed by atoms with E-state index in [9.17, 15) is 20.4 Å². The molecule has 0 saturated carbocycles. The highest BCUT2D eigenvalue weighted by atomic mass is 32.1. The minimum absolute atomic E-state index is 0.0444. The summed E-state index contributed by atoms with van der Waals surface area (Å²) in [5, 5.41) is 47.7. The van der Waals surface area contributed by atoms with Crippen molar-refractivity contribution in [1.82, 2.24) is 29.4 Å². The second kappa shape index (κ2) is 19.2. The Labute approximate surface area is 422 Å². The maximum atomic E-state index is 12.0. The Morgan fingerprint density at radius 2 is 0.544 bits per heavy atom. The van der Waals surface area contributed by atoms with Gasteiger partial charge in [0.25, 0.3) is 0 Å². The first-order valence-corrected chi connectivity index (χ1v) is 25.3. The first kappa shape index (κ1) is 51.0. The molecule has 0 aromatic heterocycles. The van der Waals surface area contributed by atoms with Crippen molar-refractivity contribution in [3.05, 3.63) is 116 Å². The monoisotopic (exact) mass is 978 g/mol. The molecule has 366 valence electrons. The van der Waals surface area contributed by atoms with Crippen LogP contribution in [0.5, 0.6) is 23.0 Å². The molecule has 4 aromatic rings. The van der Waals surface area contributed by atoms with Crippen LogP contribution in [0.4, 0.5) is 0 Å². The predicted molar refractivity (Wildman–Crippen MR) is 287 cm³/mol. The van der Waals surface area contributed by atoms with Crippen LogP contribution in [0.1, 0.15) is 139 Å². The fourth-order valence-corrected chi connectivity index (χ4v) is 10.2. The van der Waals surface area contributed by atoms with E-state index in [4.69, 9.17) is 36.7 Å². The summed E-state index contributed by atoms with van der Waals surface area (Å²) in [5.74, 6) is 1.05. The van der Waals surface area contributed by atoms with Gasteiger partial charge in [0.15, 0.2) is 15.3 Å². The van der Waals surface area contributed by atoms with E-state index in [1.165, 1.54) is 0 Å². The average molecular weight is 979 g/mol. The van der Waals surface area contributed by atoms with Gasteiger partial charge in [-0.2, -0.15) is 0 Å². The van der Waals surface area contributed by atoms with Gasteiger partial charge in [0, 0.05) is 112 Å². The highest BCUT2D eigenvalue weighted by Gasteiger charge is 2.33. The Morgan fingerprint density at radius 3 is 0.765 bits per heavy atom. The number of nitrogens with zero attached hydrogens (tertiary/aromatic N) is 6. The molecule has 4 N–H and O–H groups in total. The summed E-state index contributed by atoms with van der Waals surface area (Å²) in [5.41, 5.74) is 9.11. The largest absolute Gasteiger partial charge is 0.508 e. The van der Waals surface area contributed by atoms with E-state index in [1.807, 2.05) is 12.1 Å². The van der Waals surface area contributed by atoms with Gasteiger partial charge < -0.3 is 49.8 Å². The molecule has 3 saturated heterocycles. The van der Waals surface area contributed by atoms with Crippen molar-refractivity contribution in [2.45, 2.75) is 144 Å². The molecule has 3 aliphatic rings. The van der Waals surface area contributed by atoms with Gasteiger partial charge in [0.05, 0.1) is 0 Å². The molecular weight excluding hydrogens is 905 g/mol. The summed E-state index contributed by atoms with van der Waals surface area (Å²) in [6.07, 6.45) is 0. The van der Waals surface area contributed by atoms with Gasteiger partial charge in [-0.1, -0.05) is 95.2 Å². The van der Waals surface area contributed by atoms with Gasteiger partial charge >= 0.3 is 0 Å². The molecule has 7 rings (SSSR count).